The molecule has 5 nitrogen and oxygen atoms in total. The molecule has 1 aromatic carbocycles. The van der Waals surface area contributed by atoms with E-state index in [2.05, 4.69) is 20.0 Å². The molecule has 0 bridgehead atoms. The van der Waals surface area contributed by atoms with Crippen molar-refractivity contribution in [1.82, 2.24) is 20.0 Å². The lowest BCUT2D eigenvalue weighted by Crippen LogP contribution is -2.52. The Hall–Kier alpha value is -1.76. The van der Waals surface area contributed by atoms with Gasteiger partial charge in [-0.25, -0.2) is 4.39 Å². The van der Waals surface area contributed by atoms with Gasteiger partial charge in [0, 0.05) is 62.8 Å². The zero-order valence-electron chi connectivity index (χ0n) is 13.2. The molecule has 0 unspecified atom stereocenters. The Kier molecular flexibility index (Phi) is 5.38. The maximum Gasteiger partial charge on any atom is 0.127 e. The van der Waals surface area contributed by atoms with Crippen molar-refractivity contribution in [1.29, 1.82) is 0 Å². The Balaban J connectivity index is 1.64. The van der Waals surface area contributed by atoms with Crippen LogP contribution in [-0.4, -0.2) is 57.4 Å². The first kappa shape index (κ1) is 16.1. The van der Waals surface area contributed by atoms with Gasteiger partial charge < -0.3 is 5.11 Å². The van der Waals surface area contributed by atoms with Crippen LogP contribution in [0, 0.1) is 5.82 Å². The molecule has 0 aliphatic carbocycles. The number of aliphatic hydroxyl groups excluding tert-OH is 1. The van der Waals surface area contributed by atoms with Crippen molar-refractivity contribution in [3.8, 4) is 0 Å². The lowest BCUT2D eigenvalue weighted by Gasteiger charge is -2.41. The highest BCUT2D eigenvalue weighted by atomic mass is 19.1. The molecule has 1 aromatic heterocycles. The molecule has 2 aromatic rings. The molecule has 23 heavy (non-hydrogen) atoms. The van der Waals surface area contributed by atoms with Crippen LogP contribution < -0.4 is 0 Å². The normalized spacial score (nSPS) is 20.0. The number of hydrogen-bond donors (Lipinski definition) is 2. The molecular formula is C17H23FN4O. The van der Waals surface area contributed by atoms with Crippen molar-refractivity contribution < 1.29 is 9.50 Å². The summed E-state index contributed by atoms with van der Waals surface area (Å²) in [6.45, 7) is 4.23. The molecule has 2 N–H and O–H groups in total. The van der Waals surface area contributed by atoms with Crippen molar-refractivity contribution >= 4 is 0 Å². The first-order valence-corrected chi connectivity index (χ1v) is 8.05. The van der Waals surface area contributed by atoms with Crippen LogP contribution in [-0.2, 0) is 13.1 Å². The van der Waals surface area contributed by atoms with Crippen molar-refractivity contribution in [2.45, 2.75) is 25.6 Å². The van der Waals surface area contributed by atoms with Gasteiger partial charge in [-0.1, -0.05) is 18.2 Å². The van der Waals surface area contributed by atoms with E-state index in [1.165, 1.54) is 6.07 Å². The van der Waals surface area contributed by atoms with E-state index >= 15 is 0 Å². The highest BCUT2D eigenvalue weighted by Crippen LogP contribution is 2.19. The van der Waals surface area contributed by atoms with E-state index in [4.69, 9.17) is 0 Å². The average molecular weight is 318 g/mol. The number of hydrogen-bond acceptors (Lipinski definition) is 4. The lowest BCUT2D eigenvalue weighted by atomic mass is 10.1. The number of nitrogens with zero attached hydrogens (tertiary/aromatic N) is 3. The zero-order chi connectivity index (χ0) is 16.1. The first-order chi connectivity index (χ1) is 11.3. The van der Waals surface area contributed by atoms with E-state index in [9.17, 15) is 9.50 Å². The number of halogens is 1. The molecule has 1 atom stereocenters. The zero-order valence-corrected chi connectivity index (χ0v) is 13.2. The van der Waals surface area contributed by atoms with Crippen LogP contribution in [0.5, 0.6) is 0 Å². The number of aliphatic hydroxyl groups is 1. The molecule has 1 saturated heterocycles. The molecule has 0 radical (unpaired) electrons. The predicted molar refractivity (Wildman–Crippen MR) is 86.2 cm³/mol. The third-order valence-corrected chi connectivity index (χ3v) is 4.43. The second kappa shape index (κ2) is 7.68. The average Bonchev–Trinajstić information content (AvgIpc) is 3.05. The molecular weight excluding hydrogens is 295 g/mol. The Bertz CT molecular complexity index is 604. The second-order valence-corrected chi connectivity index (χ2v) is 6.04. The SMILES string of the molecule is OCC[C@H]1CN(Cc2ccn[nH]2)CCN1Cc1ccccc1F. The summed E-state index contributed by atoms with van der Waals surface area (Å²) in [7, 11) is 0. The fourth-order valence-corrected chi connectivity index (χ4v) is 3.19. The number of benzene rings is 1. The van der Waals surface area contributed by atoms with E-state index < -0.39 is 0 Å². The number of piperazine rings is 1. The summed E-state index contributed by atoms with van der Waals surface area (Å²) in [6.07, 6.45) is 2.46. The van der Waals surface area contributed by atoms with Crippen molar-refractivity contribution in [2.24, 2.45) is 0 Å². The molecule has 0 spiro atoms. The van der Waals surface area contributed by atoms with E-state index in [1.54, 1.807) is 12.3 Å². The number of aromatic nitrogens is 2. The monoisotopic (exact) mass is 318 g/mol. The van der Waals surface area contributed by atoms with Gasteiger partial charge in [0.1, 0.15) is 5.82 Å². The molecule has 0 amide bonds. The van der Waals surface area contributed by atoms with E-state index in [0.29, 0.717) is 13.0 Å². The van der Waals surface area contributed by atoms with E-state index in [-0.39, 0.29) is 18.5 Å². The van der Waals surface area contributed by atoms with Crippen LogP contribution in [0.15, 0.2) is 36.5 Å². The van der Waals surface area contributed by atoms with Gasteiger partial charge in [-0.15, -0.1) is 0 Å². The third kappa shape index (κ3) is 4.16. The number of aromatic amines is 1. The van der Waals surface area contributed by atoms with Crippen LogP contribution in [0.2, 0.25) is 0 Å². The van der Waals surface area contributed by atoms with Crippen LogP contribution >= 0.6 is 0 Å². The Morgan fingerprint density at radius 2 is 2.09 bits per heavy atom. The summed E-state index contributed by atoms with van der Waals surface area (Å²) in [5, 5.41) is 16.3. The molecule has 3 rings (SSSR count). The minimum absolute atomic E-state index is 0.149. The first-order valence-electron chi connectivity index (χ1n) is 8.05. The fourth-order valence-electron chi connectivity index (χ4n) is 3.19. The summed E-state index contributed by atoms with van der Waals surface area (Å²) < 4.78 is 13.9. The van der Waals surface area contributed by atoms with Crippen LogP contribution in [0.3, 0.4) is 0 Å². The van der Waals surface area contributed by atoms with Gasteiger partial charge in [-0.05, 0) is 18.6 Å². The van der Waals surface area contributed by atoms with Crippen molar-refractivity contribution in [2.75, 3.05) is 26.2 Å². The Morgan fingerprint density at radius 1 is 1.22 bits per heavy atom. The van der Waals surface area contributed by atoms with Crippen molar-refractivity contribution in [3.05, 3.63) is 53.6 Å². The highest BCUT2D eigenvalue weighted by Gasteiger charge is 2.27. The number of H-pyrrole nitrogens is 1. The topological polar surface area (TPSA) is 55.4 Å². The number of rotatable bonds is 6. The van der Waals surface area contributed by atoms with E-state index in [1.807, 2.05) is 18.2 Å². The highest BCUT2D eigenvalue weighted by molar-refractivity contribution is 5.17. The van der Waals surface area contributed by atoms with Crippen LogP contribution in [0.1, 0.15) is 17.7 Å². The molecule has 124 valence electrons. The van der Waals surface area contributed by atoms with Crippen molar-refractivity contribution in [3.63, 3.8) is 0 Å². The largest absolute Gasteiger partial charge is 0.396 e. The molecule has 6 heteroatoms. The lowest BCUT2D eigenvalue weighted by molar-refractivity contribution is 0.0487. The molecule has 1 aliphatic rings. The minimum atomic E-state index is -0.157. The van der Waals surface area contributed by atoms with Gasteiger partial charge in [0.05, 0.1) is 0 Å². The van der Waals surface area contributed by atoms with E-state index in [0.717, 1.165) is 37.4 Å². The fraction of sp³-hybridized carbons (Fsp3) is 0.471. The van der Waals surface area contributed by atoms with Crippen LogP contribution in [0.4, 0.5) is 4.39 Å². The number of nitrogens with one attached hydrogen (secondary N) is 1. The minimum Gasteiger partial charge on any atom is -0.396 e. The molecule has 1 fully saturated rings. The Labute approximate surface area is 135 Å². The van der Waals surface area contributed by atoms with Gasteiger partial charge >= 0.3 is 0 Å². The van der Waals surface area contributed by atoms with Gasteiger partial charge in [0.25, 0.3) is 0 Å². The third-order valence-electron chi connectivity index (χ3n) is 4.43. The Morgan fingerprint density at radius 3 is 2.83 bits per heavy atom. The second-order valence-electron chi connectivity index (χ2n) is 6.04. The maximum atomic E-state index is 13.9. The summed E-state index contributed by atoms with van der Waals surface area (Å²) in [5.41, 5.74) is 1.81. The van der Waals surface area contributed by atoms with Gasteiger partial charge in [0.15, 0.2) is 0 Å². The molecule has 2 heterocycles. The van der Waals surface area contributed by atoms with Crippen LogP contribution in [0.25, 0.3) is 0 Å². The van der Waals surface area contributed by atoms with Gasteiger partial charge in [-0.2, -0.15) is 5.10 Å². The standard InChI is InChI=1S/C17H23FN4O/c18-17-4-2-1-3-14(17)11-22-9-8-21(13-16(22)6-10-23)12-15-5-7-19-20-15/h1-5,7,16,23H,6,8-13H2,(H,19,20)/t16-/m0/s1. The van der Waals surface area contributed by atoms with Gasteiger partial charge in [-0.3, -0.25) is 14.9 Å². The quantitative estimate of drug-likeness (QED) is 0.850. The maximum absolute atomic E-state index is 13.9. The molecule has 0 saturated carbocycles. The van der Waals surface area contributed by atoms with Gasteiger partial charge in [0.2, 0.25) is 0 Å². The smallest absolute Gasteiger partial charge is 0.127 e. The summed E-state index contributed by atoms with van der Waals surface area (Å²) in [5.74, 6) is -0.157. The molecule has 1 aliphatic heterocycles. The summed E-state index contributed by atoms with van der Waals surface area (Å²) in [6, 6.07) is 9.14. The predicted octanol–water partition coefficient (Wildman–Crippen LogP) is 1.62. The summed E-state index contributed by atoms with van der Waals surface area (Å²) in [4.78, 5) is 4.63. The summed E-state index contributed by atoms with van der Waals surface area (Å²) >= 11 is 0.